The van der Waals surface area contributed by atoms with Gasteiger partial charge in [-0.15, -0.1) is 0 Å². The Morgan fingerprint density at radius 1 is 1.02 bits per heavy atom. The highest BCUT2D eigenvalue weighted by atomic mass is 16.7. The van der Waals surface area contributed by atoms with Crippen molar-refractivity contribution in [1.29, 1.82) is 0 Å². The van der Waals surface area contributed by atoms with Gasteiger partial charge in [-0.1, -0.05) is 12.5 Å². The Morgan fingerprint density at radius 2 is 1.71 bits per heavy atom. The van der Waals surface area contributed by atoms with Gasteiger partial charge in [0.25, 0.3) is 0 Å². The molecule has 6 N–H and O–H groups in total. The van der Waals surface area contributed by atoms with E-state index in [0.29, 0.717) is 11.1 Å². The lowest BCUT2D eigenvalue weighted by molar-refractivity contribution is -0.296. The molecule has 3 heterocycles. The van der Waals surface area contributed by atoms with Crippen molar-refractivity contribution in [2.24, 2.45) is 28.6 Å². The molecular formula is C32H42O16. The number of esters is 3. The first-order valence-electron chi connectivity index (χ1n) is 15.9. The molecule has 2 bridgehead atoms. The van der Waals surface area contributed by atoms with E-state index in [1.165, 1.54) is 0 Å². The lowest BCUT2D eigenvalue weighted by Gasteiger charge is -2.67. The third-order valence-electron chi connectivity index (χ3n) is 11.5. The van der Waals surface area contributed by atoms with Crippen molar-refractivity contribution in [3.8, 4) is 0 Å². The molecule has 0 radical (unpaired) electrons. The number of hydrogen-bond acceptors (Lipinski definition) is 16. The quantitative estimate of drug-likeness (QED) is 0.0987. The summed E-state index contributed by atoms with van der Waals surface area (Å²) in [5.41, 5.74) is -4.04. The molecule has 6 aliphatic rings. The molecule has 5 fully saturated rings. The van der Waals surface area contributed by atoms with Crippen LogP contribution in [0.3, 0.4) is 0 Å². The second-order valence-corrected chi connectivity index (χ2v) is 14.3. The predicted octanol–water partition coefficient (Wildman–Crippen LogP) is -2.22. The summed E-state index contributed by atoms with van der Waals surface area (Å²) >= 11 is 0. The number of aliphatic hydroxyl groups excluding tert-OH is 6. The van der Waals surface area contributed by atoms with E-state index in [2.05, 4.69) is 0 Å². The summed E-state index contributed by atoms with van der Waals surface area (Å²) in [6.45, 7) is 5.57. The minimum absolute atomic E-state index is 0.0357. The number of carbonyl (C=O) groups is 4. The maximum atomic E-state index is 13.9. The zero-order valence-corrected chi connectivity index (χ0v) is 27.1. The molecule has 3 aliphatic carbocycles. The first-order chi connectivity index (χ1) is 22.5. The van der Waals surface area contributed by atoms with Gasteiger partial charge in [0.05, 0.1) is 32.3 Å². The summed E-state index contributed by atoms with van der Waals surface area (Å²) in [6.07, 6.45) is -13.7. The highest BCUT2D eigenvalue weighted by Crippen LogP contribution is 2.73. The monoisotopic (exact) mass is 682 g/mol. The van der Waals surface area contributed by atoms with E-state index in [9.17, 15) is 49.8 Å². The van der Waals surface area contributed by atoms with Crippen LogP contribution in [0.4, 0.5) is 0 Å². The Bertz CT molecular complexity index is 1450. The Kier molecular flexibility index (Phi) is 8.60. The fourth-order valence-electron chi connectivity index (χ4n) is 9.68. The van der Waals surface area contributed by atoms with Crippen LogP contribution in [0.1, 0.15) is 40.5 Å². The number of allylic oxidation sites excluding steroid dienone is 3. The molecule has 48 heavy (non-hydrogen) atoms. The second kappa shape index (κ2) is 11.8. The fourth-order valence-corrected chi connectivity index (χ4v) is 9.68. The van der Waals surface area contributed by atoms with Gasteiger partial charge in [0, 0.05) is 23.8 Å². The molecule has 0 amide bonds. The number of Topliss-reactive ketones (excluding diaryl/α,β-unsaturated/α-hetero) is 1. The average Bonchev–Trinajstić information content (AvgIpc) is 3.33. The molecule has 2 saturated carbocycles. The molecule has 16 nitrogen and oxygen atoms in total. The third kappa shape index (κ3) is 4.57. The van der Waals surface area contributed by atoms with Gasteiger partial charge in [-0.2, -0.15) is 0 Å². The number of methoxy groups -OCH3 is 1. The average molecular weight is 683 g/mol. The van der Waals surface area contributed by atoms with Gasteiger partial charge in [0.2, 0.25) is 18.0 Å². The Morgan fingerprint density at radius 3 is 2.33 bits per heavy atom. The summed E-state index contributed by atoms with van der Waals surface area (Å²) in [7, 11) is 1.06. The summed E-state index contributed by atoms with van der Waals surface area (Å²) < 4.78 is 34.1. The maximum absolute atomic E-state index is 13.9. The molecule has 0 aromatic heterocycles. The lowest BCUT2D eigenvalue weighted by Crippen LogP contribution is -2.79. The summed E-state index contributed by atoms with van der Waals surface area (Å²) in [5.74, 6) is -6.88. The highest BCUT2D eigenvalue weighted by molar-refractivity contribution is 5.96. The predicted molar refractivity (Wildman–Crippen MR) is 155 cm³/mol. The van der Waals surface area contributed by atoms with Gasteiger partial charge in [-0.05, 0) is 44.1 Å². The normalized spacial score (nSPS) is 47.7. The molecule has 16 heteroatoms. The van der Waals surface area contributed by atoms with Crippen LogP contribution in [-0.4, -0.2) is 135 Å². The van der Waals surface area contributed by atoms with E-state index in [1.54, 1.807) is 27.7 Å². The molecule has 6 rings (SSSR count). The number of aliphatic hydroxyl groups is 6. The van der Waals surface area contributed by atoms with E-state index in [0.717, 1.165) is 13.2 Å². The lowest BCUT2D eigenvalue weighted by atomic mass is 9.38. The molecule has 15 atom stereocenters. The Balaban J connectivity index is 1.45. The van der Waals surface area contributed by atoms with Crippen LogP contribution in [0.25, 0.3) is 0 Å². The van der Waals surface area contributed by atoms with Crippen molar-refractivity contribution in [3.05, 3.63) is 23.0 Å². The molecule has 0 unspecified atom stereocenters. The number of rotatable bonds is 6. The van der Waals surface area contributed by atoms with Crippen LogP contribution < -0.4 is 0 Å². The van der Waals surface area contributed by atoms with E-state index in [4.69, 9.17) is 28.4 Å². The van der Waals surface area contributed by atoms with Crippen LogP contribution in [-0.2, 0) is 47.6 Å². The SMILES string of the molecule is COC(=O)[C@@]12OC[C@]34[C@H]([C@@H](O)[C@@H]1O)[C@@]1(C)CC(=O)C(O[C@H]5O[C@H](CO)[C@@H](O)[C@H](O)[C@H]5O)=C(C)[C@H]1C[C@H]3OC(=O)[C@H](OC(=O)C=C(C)C)[C@@H]24. The largest absolute Gasteiger partial charge is 0.467 e. The first-order valence-corrected chi connectivity index (χ1v) is 15.9. The minimum atomic E-state index is -2.32. The third-order valence-corrected chi connectivity index (χ3v) is 11.5. The Labute approximate surface area is 275 Å². The van der Waals surface area contributed by atoms with Crippen molar-refractivity contribution in [1.82, 2.24) is 0 Å². The van der Waals surface area contributed by atoms with Crippen molar-refractivity contribution >= 4 is 23.7 Å². The van der Waals surface area contributed by atoms with E-state index in [-0.39, 0.29) is 25.2 Å². The zero-order valence-electron chi connectivity index (χ0n) is 27.1. The van der Waals surface area contributed by atoms with Gasteiger partial charge in [-0.25, -0.2) is 14.4 Å². The fraction of sp³-hybridized carbons (Fsp3) is 0.750. The minimum Gasteiger partial charge on any atom is -0.467 e. The first kappa shape index (κ1) is 34.9. The van der Waals surface area contributed by atoms with Crippen LogP contribution >= 0.6 is 0 Å². The maximum Gasteiger partial charge on any atom is 0.348 e. The Hall–Kier alpha value is -2.96. The number of fused-ring (bicyclic) bond motifs is 2. The molecule has 1 spiro atoms. The van der Waals surface area contributed by atoms with Crippen molar-refractivity contribution in [2.75, 3.05) is 20.3 Å². The number of carbonyl (C=O) groups excluding carboxylic acids is 4. The van der Waals surface area contributed by atoms with Gasteiger partial charge < -0.3 is 59.1 Å². The summed E-state index contributed by atoms with van der Waals surface area (Å²) in [4.78, 5) is 54.0. The molecule has 0 aromatic carbocycles. The van der Waals surface area contributed by atoms with Crippen LogP contribution in [0.2, 0.25) is 0 Å². The standard InChI is InChI=1S/C32H42O16/c1-11(2)6-17(35)47-23-25-31-10-44-32(25,29(42)43-5)26(40)21(39)24(31)30(4)8-14(34)22(12(3)13(30)7-16(31)46-27(23)41)48-28-20(38)19(37)18(36)15(9-33)45-28/h6,13,15-16,18-21,23-26,28,33,36-40H,7-10H2,1-5H3/t13-,15-,16-,18-,19+,20-,21-,23-,24-,25-,26+,28-,30+,31-,32+/m1/s1. The van der Waals surface area contributed by atoms with Crippen molar-refractivity contribution in [3.63, 3.8) is 0 Å². The van der Waals surface area contributed by atoms with Crippen LogP contribution in [0.5, 0.6) is 0 Å². The molecule has 3 saturated heterocycles. The van der Waals surface area contributed by atoms with E-state index in [1.807, 2.05) is 0 Å². The van der Waals surface area contributed by atoms with Crippen LogP contribution in [0.15, 0.2) is 23.0 Å². The molecule has 3 aliphatic heterocycles. The van der Waals surface area contributed by atoms with Gasteiger partial charge in [0.1, 0.15) is 36.6 Å². The van der Waals surface area contributed by atoms with Gasteiger partial charge >= 0.3 is 17.9 Å². The van der Waals surface area contributed by atoms with Crippen molar-refractivity contribution < 1.29 is 78.2 Å². The van der Waals surface area contributed by atoms with Crippen molar-refractivity contribution in [2.45, 2.75) is 101 Å². The summed E-state index contributed by atoms with van der Waals surface area (Å²) in [5, 5.41) is 64.3. The highest BCUT2D eigenvalue weighted by Gasteiger charge is 2.85. The van der Waals surface area contributed by atoms with Gasteiger partial charge in [-0.3, -0.25) is 4.79 Å². The smallest absolute Gasteiger partial charge is 0.348 e. The number of ether oxygens (including phenoxy) is 6. The number of hydrogen-bond donors (Lipinski definition) is 6. The molecular weight excluding hydrogens is 640 g/mol. The summed E-state index contributed by atoms with van der Waals surface area (Å²) in [6, 6.07) is 0. The molecule has 266 valence electrons. The molecule has 0 aromatic rings. The van der Waals surface area contributed by atoms with E-state index >= 15 is 0 Å². The van der Waals surface area contributed by atoms with E-state index < -0.39 is 120 Å². The second-order valence-electron chi connectivity index (χ2n) is 14.3. The number of ketones is 1. The van der Waals surface area contributed by atoms with Crippen LogP contribution in [0, 0.1) is 28.6 Å². The zero-order chi connectivity index (χ0) is 35.2. The topological polar surface area (TPSA) is 245 Å². The van der Waals surface area contributed by atoms with Gasteiger partial charge in [0.15, 0.2) is 11.5 Å².